The molecule has 2 nitrogen and oxygen atoms in total. The Morgan fingerprint density at radius 2 is 2.21 bits per heavy atom. The van der Waals surface area contributed by atoms with Crippen molar-refractivity contribution in [3.05, 3.63) is 34.5 Å². The Labute approximate surface area is 88.9 Å². The molecule has 0 bridgehead atoms. The van der Waals surface area contributed by atoms with E-state index in [1.807, 2.05) is 13.0 Å². The van der Waals surface area contributed by atoms with Gasteiger partial charge in [-0.3, -0.25) is 0 Å². The predicted molar refractivity (Wildman–Crippen MR) is 61.1 cm³/mol. The van der Waals surface area contributed by atoms with Crippen molar-refractivity contribution < 1.29 is 9.90 Å². The Balaban J connectivity index is 0.000000500. The van der Waals surface area contributed by atoms with Crippen molar-refractivity contribution in [3.63, 3.8) is 0 Å². The van der Waals surface area contributed by atoms with Crippen LogP contribution in [0, 0.1) is 0 Å². The molecular weight excluding hydrogens is 196 g/mol. The number of aromatic carboxylic acids is 1. The molecule has 78 valence electrons. The van der Waals surface area contributed by atoms with Gasteiger partial charge in [-0.1, -0.05) is 19.4 Å². The summed E-state index contributed by atoms with van der Waals surface area (Å²) in [4.78, 5) is 12.0. The highest BCUT2D eigenvalue weighted by Crippen LogP contribution is 2.17. The van der Waals surface area contributed by atoms with E-state index >= 15 is 0 Å². The number of rotatable bonds is 3. The topological polar surface area (TPSA) is 37.3 Å². The van der Waals surface area contributed by atoms with Gasteiger partial charge in [-0.25, -0.2) is 4.79 Å². The van der Waals surface area contributed by atoms with E-state index in [1.54, 1.807) is 12.1 Å². The molecule has 0 unspecified atom stereocenters. The first-order valence-corrected chi connectivity index (χ1v) is 5.36. The lowest BCUT2D eigenvalue weighted by molar-refractivity contribution is 0.0702. The first-order valence-electron chi connectivity index (χ1n) is 4.54. The van der Waals surface area contributed by atoms with Crippen LogP contribution in [0.2, 0.25) is 0 Å². The molecule has 1 aromatic rings. The lowest BCUT2D eigenvalue weighted by Gasteiger charge is -1.87. The Bertz CT molecular complexity index is 289. The second kappa shape index (κ2) is 7.33. The quantitative estimate of drug-likeness (QED) is 0.777. The van der Waals surface area contributed by atoms with Crippen molar-refractivity contribution in [2.24, 2.45) is 0 Å². The molecule has 0 aliphatic carbocycles. The minimum Gasteiger partial charge on any atom is -0.477 e. The van der Waals surface area contributed by atoms with Crippen molar-refractivity contribution in [3.8, 4) is 0 Å². The van der Waals surface area contributed by atoms with Crippen molar-refractivity contribution in [2.75, 3.05) is 0 Å². The Morgan fingerprint density at radius 3 is 2.57 bits per heavy atom. The Kier molecular flexibility index (Phi) is 6.76. The highest BCUT2D eigenvalue weighted by Gasteiger charge is 2.05. The predicted octanol–water partition coefficient (Wildman–Crippen LogP) is 3.59. The van der Waals surface area contributed by atoms with Crippen LogP contribution in [0.5, 0.6) is 0 Å². The van der Waals surface area contributed by atoms with Crippen LogP contribution in [0.25, 0.3) is 0 Å². The summed E-state index contributed by atoms with van der Waals surface area (Å²) < 4.78 is 0. The molecule has 1 rings (SSSR count). The molecule has 0 spiro atoms. The monoisotopic (exact) mass is 212 g/mol. The van der Waals surface area contributed by atoms with Gasteiger partial charge in [-0.15, -0.1) is 17.9 Å². The fraction of sp³-hybridized carbons (Fsp3) is 0.364. The minimum atomic E-state index is -0.822. The van der Waals surface area contributed by atoms with Gasteiger partial charge in [0.1, 0.15) is 4.88 Å². The highest BCUT2D eigenvalue weighted by atomic mass is 32.1. The van der Waals surface area contributed by atoms with Crippen LogP contribution in [0.1, 0.15) is 34.8 Å². The molecule has 0 aliphatic rings. The molecule has 0 fully saturated rings. The van der Waals surface area contributed by atoms with Gasteiger partial charge in [0.05, 0.1) is 0 Å². The van der Waals surface area contributed by atoms with Gasteiger partial charge in [-0.05, 0) is 25.5 Å². The SMILES string of the molecule is C=CC.CCCc1ccc(C(=O)O)s1. The summed E-state index contributed by atoms with van der Waals surface area (Å²) in [5.41, 5.74) is 0. The summed E-state index contributed by atoms with van der Waals surface area (Å²) in [6, 6.07) is 3.55. The summed E-state index contributed by atoms with van der Waals surface area (Å²) >= 11 is 1.37. The van der Waals surface area contributed by atoms with Crippen LogP contribution in [-0.2, 0) is 6.42 Å². The first kappa shape index (κ1) is 12.9. The zero-order chi connectivity index (χ0) is 11.0. The molecule has 3 heteroatoms. The number of aryl methyl sites for hydroxylation is 1. The van der Waals surface area contributed by atoms with E-state index in [-0.39, 0.29) is 0 Å². The van der Waals surface area contributed by atoms with Crippen molar-refractivity contribution in [1.82, 2.24) is 0 Å². The largest absolute Gasteiger partial charge is 0.477 e. The Hall–Kier alpha value is -1.09. The number of carbonyl (C=O) groups is 1. The van der Waals surface area contributed by atoms with E-state index in [9.17, 15) is 4.79 Å². The Morgan fingerprint density at radius 1 is 1.64 bits per heavy atom. The average molecular weight is 212 g/mol. The molecule has 0 saturated carbocycles. The van der Waals surface area contributed by atoms with Gasteiger partial charge in [0.2, 0.25) is 0 Å². The third-order valence-electron chi connectivity index (χ3n) is 1.37. The summed E-state index contributed by atoms with van der Waals surface area (Å²) in [6.45, 7) is 7.33. The molecule has 1 N–H and O–H groups in total. The van der Waals surface area contributed by atoms with Gasteiger partial charge < -0.3 is 5.11 Å². The van der Waals surface area contributed by atoms with Crippen LogP contribution in [0.15, 0.2) is 24.8 Å². The zero-order valence-corrected chi connectivity index (χ0v) is 9.43. The molecule has 14 heavy (non-hydrogen) atoms. The maximum absolute atomic E-state index is 10.4. The smallest absolute Gasteiger partial charge is 0.345 e. The van der Waals surface area contributed by atoms with Gasteiger partial charge in [0.15, 0.2) is 0 Å². The number of carboxylic acid groups (broad SMARTS) is 1. The normalized spacial score (nSPS) is 8.71. The number of carboxylic acids is 1. The summed E-state index contributed by atoms with van der Waals surface area (Å²) in [6.07, 6.45) is 3.80. The van der Waals surface area contributed by atoms with Crippen molar-refractivity contribution >= 4 is 17.3 Å². The maximum atomic E-state index is 10.4. The number of hydrogen-bond donors (Lipinski definition) is 1. The molecular formula is C11H16O2S. The summed E-state index contributed by atoms with van der Waals surface area (Å²) in [5.74, 6) is -0.822. The van der Waals surface area contributed by atoms with Crippen molar-refractivity contribution in [2.45, 2.75) is 26.7 Å². The van der Waals surface area contributed by atoms with Gasteiger partial charge in [0.25, 0.3) is 0 Å². The maximum Gasteiger partial charge on any atom is 0.345 e. The first-order chi connectivity index (χ1) is 6.65. The van der Waals surface area contributed by atoms with Gasteiger partial charge in [0, 0.05) is 4.88 Å². The van der Waals surface area contributed by atoms with Crippen LogP contribution >= 0.6 is 11.3 Å². The molecule has 1 aromatic heterocycles. The minimum absolute atomic E-state index is 0.438. The number of hydrogen-bond acceptors (Lipinski definition) is 2. The molecule has 0 amide bonds. The second-order valence-corrected chi connectivity index (χ2v) is 3.90. The standard InChI is InChI=1S/C8H10O2S.C3H6/c1-2-3-6-4-5-7(11-6)8(9)10;1-3-2/h4-5H,2-3H2,1H3,(H,9,10);3H,1H2,2H3. The summed E-state index contributed by atoms with van der Waals surface area (Å²) in [5, 5.41) is 8.58. The average Bonchev–Trinajstić information content (AvgIpc) is 2.55. The molecule has 0 aliphatic heterocycles. The molecule has 0 radical (unpaired) electrons. The van der Waals surface area contributed by atoms with Crippen LogP contribution in [-0.4, -0.2) is 11.1 Å². The zero-order valence-electron chi connectivity index (χ0n) is 8.62. The lowest BCUT2D eigenvalue weighted by atomic mass is 10.3. The molecule has 0 aromatic carbocycles. The molecule has 0 atom stereocenters. The number of allylic oxidation sites excluding steroid dienone is 1. The van der Waals surface area contributed by atoms with Crippen LogP contribution in [0.4, 0.5) is 0 Å². The van der Waals surface area contributed by atoms with E-state index in [4.69, 9.17) is 5.11 Å². The van der Waals surface area contributed by atoms with Crippen LogP contribution < -0.4 is 0 Å². The fourth-order valence-electron chi connectivity index (χ4n) is 0.874. The van der Waals surface area contributed by atoms with Gasteiger partial charge >= 0.3 is 5.97 Å². The number of thiophene rings is 1. The van der Waals surface area contributed by atoms with E-state index in [2.05, 4.69) is 13.5 Å². The highest BCUT2D eigenvalue weighted by molar-refractivity contribution is 7.13. The van der Waals surface area contributed by atoms with E-state index in [0.717, 1.165) is 17.7 Å². The van der Waals surface area contributed by atoms with Crippen molar-refractivity contribution in [1.29, 1.82) is 0 Å². The molecule has 0 saturated heterocycles. The van der Waals surface area contributed by atoms with E-state index in [0.29, 0.717) is 4.88 Å². The fourth-order valence-corrected chi connectivity index (χ4v) is 1.82. The molecule has 1 heterocycles. The van der Waals surface area contributed by atoms with Crippen LogP contribution in [0.3, 0.4) is 0 Å². The lowest BCUT2D eigenvalue weighted by Crippen LogP contribution is -1.89. The van der Waals surface area contributed by atoms with Gasteiger partial charge in [-0.2, -0.15) is 0 Å². The van der Waals surface area contributed by atoms with E-state index < -0.39 is 5.97 Å². The third-order valence-corrected chi connectivity index (χ3v) is 2.50. The summed E-state index contributed by atoms with van der Waals surface area (Å²) in [7, 11) is 0. The third kappa shape index (κ3) is 4.82. The second-order valence-electron chi connectivity index (χ2n) is 2.73. The van der Waals surface area contributed by atoms with E-state index in [1.165, 1.54) is 11.3 Å².